The Morgan fingerprint density at radius 3 is 1.48 bits per heavy atom. The van der Waals surface area contributed by atoms with Gasteiger partial charge in [0.05, 0.1) is 11.4 Å². The third-order valence-corrected chi connectivity index (χ3v) is 30.5. The lowest BCUT2D eigenvalue weighted by Gasteiger charge is -2.52. The first kappa shape index (κ1) is 70.5. The summed E-state index contributed by atoms with van der Waals surface area (Å²) in [6.45, 7) is 28.2. The molecular weight excluding hydrogens is 1500 g/mol. The highest BCUT2D eigenvalue weighted by atomic mass is 32.1. The van der Waals surface area contributed by atoms with Gasteiger partial charge in [-0.3, -0.25) is 0 Å². The molecule has 6 nitrogen and oxygen atoms in total. The monoisotopic (exact) mass is 1580 g/mol. The summed E-state index contributed by atoms with van der Waals surface area (Å²) >= 11 is 1.93. The van der Waals surface area contributed by atoms with Gasteiger partial charge in [-0.1, -0.05) is 301 Å². The first-order valence-corrected chi connectivity index (χ1v) is 44.2. The fourth-order valence-corrected chi connectivity index (χ4v) is 24.7. The molecule has 122 heavy (non-hydrogen) atoms. The Morgan fingerprint density at radius 1 is 0.295 bits per heavy atom. The highest BCUT2D eigenvalue weighted by Gasteiger charge is 2.56. The van der Waals surface area contributed by atoms with E-state index in [2.05, 4.69) is 406 Å². The van der Waals surface area contributed by atoms with Gasteiger partial charge < -0.3 is 28.3 Å². The van der Waals surface area contributed by atoms with Crippen LogP contribution in [-0.2, 0) is 27.1 Å². The van der Waals surface area contributed by atoms with Gasteiger partial charge in [-0.15, -0.1) is 11.3 Å². The SMILES string of the molecule is CC(C)(C)c1ccc(N2c3cc4c(oc5cc(-c6ccc7c(c6)C(C)(C)c6cccc8c6N7B6c7ccc9c(c7N(c7ccc(C(C)(C)C)cc7-c7ccccc7)c7cc%10c(oc%11ccccc%11%10)c-8c76)C(C)(C)c6ccccc6-9)ccc54)c4c3B(c3c2ccc2c3sc3ccccc32)N2c3ccccc3C(C)(C)c3cccc-4c32)c(-c2ccccc2)c1. The van der Waals surface area contributed by atoms with E-state index >= 15 is 0 Å². The molecule has 9 heteroatoms. The van der Waals surface area contributed by atoms with Crippen LogP contribution >= 0.6 is 11.3 Å². The van der Waals surface area contributed by atoms with Gasteiger partial charge in [0.2, 0.25) is 0 Å². The number of fused-ring (bicyclic) bond motifs is 28. The molecule has 0 N–H and O–H groups in total. The molecule has 26 rings (SSSR count). The molecular formula is C113H86B2N4O2S. The molecule has 0 fully saturated rings. The molecule has 0 amide bonds. The summed E-state index contributed by atoms with van der Waals surface area (Å²) in [5, 5.41) is 6.96. The molecule has 9 heterocycles. The number of thiophene rings is 1. The minimum Gasteiger partial charge on any atom is -0.455 e. The van der Waals surface area contributed by atoms with Crippen LogP contribution in [0.15, 0.2) is 312 Å². The second-order valence-corrected chi connectivity index (χ2v) is 40.0. The minimum absolute atomic E-state index is 0.104. The fraction of sp³-hybridized carbons (Fsp3) is 0.150. The van der Waals surface area contributed by atoms with Gasteiger partial charge in [0.25, 0.3) is 0 Å². The molecule has 1 aliphatic carbocycles. The molecule has 0 radical (unpaired) electrons. The Bertz CT molecular complexity index is 7940. The molecule has 0 saturated carbocycles. The summed E-state index contributed by atoms with van der Waals surface area (Å²) in [4.78, 5) is 10.9. The number of rotatable bonds is 5. The van der Waals surface area contributed by atoms with Gasteiger partial charge >= 0.3 is 13.7 Å². The second kappa shape index (κ2) is 24.1. The molecule has 0 unspecified atom stereocenters. The van der Waals surface area contributed by atoms with Crippen molar-refractivity contribution in [2.24, 2.45) is 0 Å². The summed E-state index contributed by atoms with van der Waals surface area (Å²) in [5.41, 5.74) is 43.9. The van der Waals surface area contributed by atoms with E-state index in [1.54, 1.807) is 0 Å². The van der Waals surface area contributed by atoms with Gasteiger partial charge in [-0.25, -0.2) is 0 Å². The molecule has 582 valence electrons. The number of para-hydroxylation sites is 4. The maximum atomic E-state index is 7.92. The van der Waals surface area contributed by atoms with E-state index in [4.69, 9.17) is 8.83 Å². The van der Waals surface area contributed by atoms with Gasteiger partial charge in [0, 0.05) is 137 Å². The maximum absolute atomic E-state index is 7.92. The topological polar surface area (TPSA) is 39.2 Å². The van der Waals surface area contributed by atoms with Gasteiger partial charge in [0.1, 0.15) is 22.3 Å². The molecule has 0 saturated heterocycles. The van der Waals surface area contributed by atoms with E-state index in [9.17, 15) is 0 Å². The van der Waals surface area contributed by atoms with Crippen molar-refractivity contribution >= 4 is 168 Å². The molecule has 3 aromatic heterocycles. The van der Waals surface area contributed by atoms with E-state index < -0.39 is 5.41 Å². The smallest absolute Gasteiger partial charge is 0.334 e. The molecule has 7 aliphatic rings. The van der Waals surface area contributed by atoms with E-state index in [1.807, 2.05) is 11.3 Å². The van der Waals surface area contributed by atoms with Crippen LogP contribution in [0, 0.1) is 0 Å². The van der Waals surface area contributed by atoms with Crippen LogP contribution in [-0.4, -0.2) is 13.7 Å². The predicted octanol–water partition coefficient (Wildman–Crippen LogP) is 28.4. The third-order valence-electron chi connectivity index (χ3n) is 29.2. The van der Waals surface area contributed by atoms with Crippen molar-refractivity contribution in [3.8, 4) is 66.8 Å². The van der Waals surface area contributed by atoms with Crippen LogP contribution in [0.1, 0.15) is 128 Å². The highest BCUT2D eigenvalue weighted by molar-refractivity contribution is 7.27. The molecule has 0 spiro atoms. The number of hydrogen-bond donors (Lipinski definition) is 0. The Labute approximate surface area is 715 Å². The van der Waals surface area contributed by atoms with Gasteiger partial charge in [0.15, 0.2) is 0 Å². The number of furan rings is 2. The number of benzene rings is 16. The highest BCUT2D eigenvalue weighted by Crippen LogP contribution is 2.64. The van der Waals surface area contributed by atoms with E-state index in [0.717, 1.165) is 88.9 Å². The predicted molar refractivity (Wildman–Crippen MR) is 517 cm³/mol. The van der Waals surface area contributed by atoms with Gasteiger partial charge in [-0.2, -0.15) is 0 Å². The minimum atomic E-state index is -0.475. The van der Waals surface area contributed by atoms with Gasteiger partial charge in [-0.05, 0) is 195 Å². The average Bonchev–Trinajstić information content (AvgIpc) is 1.16. The molecule has 0 bridgehead atoms. The fourth-order valence-electron chi connectivity index (χ4n) is 23.4. The largest absolute Gasteiger partial charge is 0.455 e. The number of hydrogen-bond acceptors (Lipinski definition) is 7. The van der Waals surface area contributed by atoms with E-state index in [0.29, 0.717) is 0 Å². The first-order chi connectivity index (χ1) is 59.1. The zero-order chi connectivity index (χ0) is 82.0. The number of anilines is 10. The first-order valence-electron chi connectivity index (χ1n) is 43.4. The Hall–Kier alpha value is -13.3. The summed E-state index contributed by atoms with van der Waals surface area (Å²) in [6, 6.07) is 117. The standard InChI is InChI=1S/C113H86B2N4O2S/c1-109(2,3)67-47-54-87(77(59-67)63-29-15-13-16-30-63)116-91-56-51-74-72-35-21-26-44-96(72)122-108(74)102(91)115-101-92(116)61-80-71-49-45-66(58-95(71)121-107(80)98(101)76-37-27-40-83-104(76)119(115)89-42-24-23-39-82(89)111(83,7)8)65-46-53-90-85(57-65)112(9,10)84-41-28-36-75-97-100-93(62-79-70-34-20-25-43-94(70)120-106(79)97)117(88-55-48-68(110(4,5)6)60-78(88)64-31-17-14-18-32-64)105-86(114(100)118(90)103(75)84)52-50-73-69-33-19-22-38-81(69)113(11,12)99(73)105/h13-62H,1-12H3. The normalized spacial score (nSPS) is 15.5. The van der Waals surface area contributed by atoms with Crippen molar-refractivity contribution in [2.45, 2.75) is 110 Å². The summed E-state index contributed by atoms with van der Waals surface area (Å²) in [7, 11) is 0. The maximum Gasteiger partial charge on any atom is 0.334 e. The van der Waals surface area contributed by atoms with Crippen molar-refractivity contribution in [3.05, 3.63) is 348 Å². The van der Waals surface area contributed by atoms with Crippen molar-refractivity contribution in [1.82, 2.24) is 0 Å². The van der Waals surface area contributed by atoms with Crippen molar-refractivity contribution in [2.75, 3.05) is 19.4 Å². The zero-order valence-corrected chi connectivity index (χ0v) is 71.4. The summed E-state index contributed by atoms with van der Waals surface area (Å²) in [6.07, 6.45) is 0. The second-order valence-electron chi connectivity index (χ2n) is 38.9. The van der Waals surface area contributed by atoms with Crippen molar-refractivity contribution in [3.63, 3.8) is 0 Å². The Kier molecular flexibility index (Phi) is 13.9. The van der Waals surface area contributed by atoms with Crippen LogP contribution in [0.4, 0.5) is 56.9 Å². The third kappa shape index (κ3) is 9.16. The van der Waals surface area contributed by atoms with Crippen molar-refractivity contribution in [1.29, 1.82) is 0 Å². The quantitative estimate of drug-likeness (QED) is 0.160. The molecule has 6 aliphatic heterocycles. The van der Waals surface area contributed by atoms with Crippen molar-refractivity contribution < 1.29 is 8.83 Å². The summed E-state index contributed by atoms with van der Waals surface area (Å²) in [5.74, 6) is 0. The number of nitrogens with zero attached hydrogens (tertiary/aromatic N) is 4. The lowest BCUT2D eigenvalue weighted by atomic mass is 9.42. The van der Waals surface area contributed by atoms with E-state index in [1.165, 1.54) is 165 Å². The molecule has 0 atom stereocenters. The van der Waals surface area contributed by atoms with Crippen LogP contribution < -0.4 is 41.3 Å². The Morgan fingerprint density at radius 2 is 0.795 bits per heavy atom. The summed E-state index contributed by atoms with van der Waals surface area (Å²) < 4.78 is 17.9. The van der Waals surface area contributed by atoms with Crippen LogP contribution in [0.5, 0.6) is 0 Å². The molecule has 19 aromatic rings. The lowest BCUT2D eigenvalue weighted by molar-refractivity contribution is 0.590. The Balaban J connectivity index is 0.711. The van der Waals surface area contributed by atoms with Crippen LogP contribution in [0.25, 0.3) is 131 Å². The molecule has 16 aromatic carbocycles. The van der Waals surface area contributed by atoms with E-state index in [-0.39, 0.29) is 35.4 Å². The van der Waals surface area contributed by atoms with Crippen LogP contribution in [0.2, 0.25) is 0 Å². The zero-order valence-electron chi connectivity index (χ0n) is 70.5. The lowest BCUT2D eigenvalue weighted by Crippen LogP contribution is -2.63. The van der Waals surface area contributed by atoms with Crippen LogP contribution in [0.3, 0.4) is 0 Å². The average molecular weight is 1590 g/mol.